The molecule has 0 aromatic heterocycles. The van der Waals surface area contributed by atoms with Crippen LogP contribution in [0.4, 0.5) is 0 Å². The molecule has 2 fully saturated rings. The molecule has 0 aliphatic carbocycles. The van der Waals surface area contributed by atoms with E-state index in [1.807, 2.05) is 4.90 Å². The van der Waals surface area contributed by atoms with Crippen LogP contribution in [0.25, 0.3) is 0 Å². The number of carbonyl (C=O) groups excluding carboxylic acids is 1. The molecule has 2 rings (SSSR count). The van der Waals surface area contributed by atoms with Gasteiger partial charge in [-0.25, -0.2) is 0 Å². The van der Waals surface area contributed by atoms with Gasteiger partial charge in [-0.1, -0.05) is 6.92 Å². The van der Waals surface area contributed by atoms with Crippen molar-refractivity contribution in [1.29, 1.82) is 0 Å². The SMILES string of the molecule is CC(CN)CC(=O)N1CCC(N2CCCC2)CC1. The monoisotopic (exact) mass is 253 g/mol. The minimum atomic E-state index is 0.299. The normalized spacial score (nSPS) is 24.4. The molecule has 1 unspecified atom stereocenters. The highest BCUT2D eigenvalue weighted by molar-refractivity contribution is 5.76. The molecule has 0 aromatic carbocycles. The third-order valence-corrected chi connectivity index (χ3v) is 4.40. The molecule has 18 heavy (non-hydrogen) atoms. The van der Waals surface area contributed by atoms with Crippen LogP contribution in [0, 0.1) is 5.92 Å². The second-order valence-corrected chi connectivity index (χ2v) is 5.90. The fourth-order valence-electron chi connectivity index (χ4n) is 3.10. The van der Waals surface area contributed by atoms with Gasteiger partial charge in [0, 0.05) is 25.6 Å². The molecule has 0 bridgehead atoms. The molecule has 1 atom stereocenters. The zero-order valence-corrected chi connectivity index (χ0v) is 11.6. The van der Waals surface area contributed by atoms with E-state index in [-0.39, 0.29) is 0 Å². The van der Waals surface area contributed by atoms with Crippen molar-refractivity contribution in [2.75, 3.05) is 32.7 Å². The van der Waals surface area contributed by atoms with E-state index in [1.54, 1.807) is 0 Å². The third-order valence-electron chi connectivity index (χ3n) is 4.40. The summed E-state index contributed by atoms with van der Waals surface area (Å²) in [6, 6.07) is 0.725. The number of rotatable bonds is 4. The van der Waals surface area contributed by atoms with Crippen molar-refractivity contribution in [1.82, 2.24) is 9.80 Å². The van der Waals surface area contributed by atoms with E-state index >= 15 is 0 Å². The van der Waals surface area contributed by atoms with E-state index in [0.717, 1.165) is 32.0 Å². The van der Waals surface area contributed by atoms with Crippen LogP contribution in [0.5, 0.6) is 0 Å². The summed E-state index contributed by atoms with van der Waals surface area (Å²) in [6.45, 7) is 7.07. The fraction of sp³-hybridized carbons (Fsp3) is 0.929. The third kappa shape index (κ3) is 3.45. The van der Waals surface area contributed by atoms with Crippen LogP contribution < -0.4 is 5.73 Å². The molecule has 104 valence electrons. The van der Waals surface area contributed by atoms with Gasteiger partial charge in [-0.3, -0.25) is 4.79 Å². The lowest BCUT2D eigenvalue weighted by molar-refractivity contribution is -0.133. The molecule has 4 nitrogen and oxygen atoms in total. The summed E-state index contributed by atoms with van der Waals surface area (Å²) in [4.78, 5) is 16.7. The van der Waals surface area contributed by atoms with Crippen LogP contribution in [-0.2, 0) is 4.79 Å². The van der Waals surface area contributed by atoms with E-state index in [4.69, 9.17) is 5.73 Å². The molecule has 4 heteroatoms. The average molecular weight is 253 g/mol. The number of likely N-dealkylation sites (tertiary alicyclic amines) is 2. The summed E-state index contributed by atoms with van der Waals surface area (Å²) >= 11 is 0. The van der Waals surface area contributed by atoms with Crippen molar-refractivity contribution in [3.8, 4) is 0 Å². The summed E-state index contributed by atoms with van der Waals surface area (Å²) in [5, 5.41) is 0. The van der Waals surface area contributed by atoms with E-state index in [0.29, 0.717) is 24.8 Å². The lowest BCUT2D eigenvalue weighted by Gasteiger charge is -2.37. The quantitative estimate of drug-likeness (QED) is 0.815. The maximum absolute atomic E-state index is 12.1. The van der Waals surface area contributed by atoms with Crippen molar-refractivity contribution in [3.05, 3.63) is 0 Å². The summed E-state index contributed by atoms with van der Waals surface area (Å²) < 4.78 is 0. The largest absolute Gasteiger partial charge is 0.343 e. The van der Waals surface area contributed by atoms with Gasteiger partial charge in [-0.2, -0.15) is 0 Å². The molecule has 2 aliphatic heterocycles. The first-order valence-corrected chi connectivity index (χ1v) is 7.42. The van der Waals surface area contributed by atoms with Gasteiger partial charge in [0.1, 0.15) is 0 Å². The first-order valence-electron chi connectivity index (χ1n) is 7.42. The van der Waals surface area contributed by atoms with Crippen LogP contribution in [0.1, 0.15) is 39.0 Å². The number of amides is 1. The molecule has 2 N–H and O–H groups in total. The highest BCUT2D eigenvalue weighted by Crippen LogP contribution is 2.21. The van der Waals surface area contributed by atoms with Gasteiger partial charge in [0.2, 0.25) is 5.91 Å². The van der Waals surface area contributed by atoms with Gasteiger partial charge < -0.3 is 15.5 Å². The second-order valence-electron chi connectivity index (χ2n) is 5.90. The summed E-state index contributed by atoms with van der Waals surface area (Å²) in [5.41, 5.74) is 5.58. The van der Waals surface area contributed by atoms with Crippen molar-refractivity contribution < 1.29 is 4.79 Å². The maximum Gasteiger partial charge on any atom is 0.222 e. The lowest BCUT2D eigenvalue weighted by atomic mass is 10.0. The van der Waals surface area contributed by atoms with Gasteiger partial charge in [0.15, 0.2) is 0 Å². The van der Waals surface area contributed by atoms with Crippen LogP contribution >= 0.6 is 0 Å². The first kappa shape index (κ1) is 13.8. The molecule has 1 amide bonds. The number of hydrogen-bond acceptors (Lipinski definition) is 3. The Bertz CT molecular complexity index is 268. The van der Waals surface area contributed by atoms with E-state index in [1.165, 1.54) is 25.9 Å². The highest BCUT2D eigenvalue weighted by atomic mass is 16.2. The zero-order valence-electron chi connectivity index (χ0n) is 11.6. The Morgan fingerprint density at radius 2 is 1.83 bits per heavy atom. The Labute approximate surface area is 110 Å². The number of hydrogen-bond donors (Lipinski definition) is 1. The second kappa shape index (κ2) is 6.53. The van der Waals surface area contributed by atoms with Crippen molar-refractivity contribution >= 4 is 5.91 Å². The average Bonchev–Trinajstić information content (AvgIpc) is 2.92. The van der Waals surface area contributed by atoms with Gasteiger partial charge in [-0.15, -0.1) is 0 Å². The summed E-state index contributed by atoms with van der Waals surface area (Å²) in [5.74, 6) is 0.613. The van der Waals surface area contributed by atoms with Gasteiger partial charge >= 0.3 is 0 Å². The summed E-state index contributed by atoms with van der Waals surface area (Å²) in [6.07, 6.45) is 5.64. The number of nitrogens with zero attached hydrogens (tertiary/aromatic N) is 2. The van der Waals surface area contributed by atoms with Crippen molar-refractivity contribution in [2.45, 2.75) is 45.1 Å². The Morgan fingerprint density at radius 3 is 2.39 bits per heavy atom. The molecular weight excluding hydrogens is 226 g/mol. The van der Waals surface area contributed by atoms with Crippen molar-refractivity contribution in [3.63, 3.8) is 0 Å². The standard InChI is InChI=1S/C14H27N3O/c1-12(11-15)10-14(18)17-8-4-13(5-9-17)16-6-2-3-7-16/h12-13H,2-11,15H2,1H3. The molecule has 2 saturated heterocycles. The van der Waals surface area contributed by atoms with E-state index in [9.17, 15) is 4.79 Å². The van der Waals surface area contributed by atoms with Crippen LogP contribution in [0.15, 0.2) is 0 Å². The Hall–Kier alpha value is -0.610. The Balaban J connectivity index is 1.73. The van der Waals surface area contributed by atoms with Gasteiger partial charge in [-0.05, 0) is 51.2 Å². The minimum absolute atomic E-state index is 0.299. The number of carbonyl (C=O) groups is 1. The molecular formula is C14H27N3O. The van der Waals surface area contributed by atoms with Crippen molar-refractivity contribution in [2.24, 2.45) is 11.7 Å². The van der Waals surface area contributed by atoms with Gasteiger partial charge in [0.25, 0.3) is 0 Å². The van der Waals surface area contributed by atoms with Crippen LogP contribution in [0.2, 0.25) is 0 Å². The molecule has 2 aliphatic rings. The smallest absolute Gasteiger partial charge is 0.222 e. The number of nitrogens with two attached hydrogens (primary N) is 1. The zero-order chi connectivity index (χ0) is 13.0. The Morgan fingerprint density at radius 1 is 1.22 bits per heavy atom. The number of piperidine rings is 1. The predicted octanol–water partition coefficient (Wildman–Crippen LogP) is 1.06. The summed E-state index contributed by atoms with van der Waals surface area (Å²) in [7, 11) is 0. The van der Waals surface area contributed by atoms with Crippen LogP contribution in [-0.4, -0.2) is 54.5 Å². The topological polar surface area (TPSA) is 49.6 Å². The molecule has 0 aromatic rings. The van der Waals surface area contributed by atoms with Crippen LogP contribution in [0.3, 0.4) is 0 Å². The van der Waals surface area contributed by atoms with E-state index < -0.39 is 0 Å². The highest BCUT2D eigenvalue weighted by Gasteiger charge is 2.28. The molecule has 0 spiro atoms. The predicted molar refractivity (Wildman–Crippen MR) is 73.2 cm³/mol. The molecule has 0 radical (unpaired) electrons. The van der Waals surface area contributed by atoms with E-state index in [2.05, 4.69) is 11.8 Å². The minimum Gasteiger partial charge on any atom is -0.343 e. The molecule has 2 heterocycles. The fourth-order valence-corrected chi connectivity index (χ4v) is 3.10. The lowest BCUT2D eigenvalue weighted by Crippen LogP contribution is -2.46. The Kier molecular flexibility index (Phi) is 5.01. The maximum atomic E-state index is 12.1. The van der Waals surface area contributed by atoms with Gasteiger partial charge in [0.05, 0.1) is 0 Å². The first-order chi connectivity index (χ1) is 8.70. The molecule has 0 saturated carbocycles.